The molecule has 0 spiro atoms. The molecule has 1 fully saturated rings. The molecule has 12 nitrogen and oxygen atoms in total. The highest BCUT2D eigenvalue weighted by Crippen LogP contribution is 2.27. The van der Waals surface area contributed by atoms with Crippen molar-refractivity contribution in [2.75, 3.05) is 13.2 Å². The molecule has 0 aromatic carbocycles. The van der Waals surface area contributed by atoms with Gasteiger partial charge >= 0.3 is 23.9 Å². The van der Waals surface area contributed by atoms with Crippen molar-refractivity contribution in [3.63, 3.8) is 0 Å². The second-order valence-corrected chi connectivity index (χ2v) is 22.7. The quantitative estimate of drug-likeness (QED) is 0.0228. The van der Waals surface area contributed by atoms with Crippen molar-refractivity contribution in [1.82, 2.24) is 0 Å². The molecular formula is C73H120O12. The summed E-state index contributed by atoms with van der Waals surface area (Å²) in [5.41, 5.74) is 0. The fourth-order valence-electron chi connectivity index (χ4n) is 9.74. The van der Waals surface area contributed by atoms with Gasteiger partial charge in [-0.25, -0.2) is 4.79 Å². The standard InChI is InChI=1S/C73H120O12/c1-4-7-10-13-16-19-22-25-28-31-33-36-38-41-44-47-50-53-56-59-65(74)81-62-64(83-66(75)60-57-54-51-48-45-42-39-35-30-27-24-21-18-15-12-9-6-3)63-82-73-71(69(78)68(77)70(85-73)72(79)80)84-67(76)61-58-55-52-49-46-43-40-37-34-32-29-26-23-20-17-14-11-8-5-2/h8-9,11-12,17-18,20-21,26-27,29-30,34,37,39,42-43,46,64,68-71,73,77-78H,4-7,10,13-16,19,22-25,28,31-33,35-36,38,40-41,44-45,47-63H2,1-3H3,(H,79,80)/b11-8-,12-9-,20-17-,21-18-,29-26-,30-27-,37-34-,42-39-,46-43-. The van der Waals surface area contributed by atoms with Crippen molar-refractivity contribution in [3.8, 4) is 0 Å². The summed E-state index contributed by atoms with van der Waals surface area (Å²) in [6.07, 6.45) is 69.0. The highest BCUT2D eigenvalue weighted by molar-refractivity contribution is 5.74. The van der Waals surface area contributed by atoms with Gasteiger partial charge in [-0.1, -0.05) is 265 Å². The number of allylic oxidation sites excluding steroid dienone is 18. The van der Waals surface area contributed by atoms with Crippen LogP contribution in [-0.4, -0.2) is 89.2 Å². The zero-order valence-electron chi connectivity index (χ0n) is 53.6. The zero-order chi connectivity index (χ0) is 61.7. The summed E-state index contributed by atoms with van der Waals surface area (Å²) in [7, 11) is 0. The molecule has 85 heavy (non-hydrogen) atoms. The number of ether oxygens (including phenoxy) is 5. The first-order valence-corrected chi connectivity index (χ1v) is 33.9. The van der Waals surface area contributed by atoms with Gasteiger partial charge in [0.2, 0.25) is 0 Å². The van der Waals surface area contributed by atoms with Gasteiger partial charge in [0.1, 0.15) is 18.8 Å². The van der Waals surface area contributed by atoms with Gasteiger partial charge in [-0.3, -0.25) is 14.4 Å². The Hall–Kier alpha value is -4.62. The van der Waals surface area contributed by atoms with E-state index in [1.165, 1.54) is 96.3 Å². The van der Waals surface area contributed by atoms with Crippen LogP contribution in [0.3, 0.4) is 0 Å². The van der Waals surface area contributed by atoms with Gasteiger partial charge in [-0.15, -0.1) is 0 Å². The molecule has 0 bridgehead atoms. The lowest BCUT2D eigenvalue weighted by atomic mass is 9.98. The fraction of sp³-hybridized carbons (Fsp3) is 0.699. The average molecular weight is 1190 g/mol. The number of hydrogen-bond acceptors (Lipinski definition) is 11. The molecule has 0 aliphatic carbocycles. The van der Waals surface area contributed by atoms with Crippen LogP contribution in [-0.2, 0) is 42.9 Å². The Bertz CT molecular complexity index is 1890. The molecule has 0 aromatic heterocycles. The van der Waals surface area contributed by atoms with E-state index in [-0.39, 0.29) is 25.9 Å². The number of hydrogen-bond donors (Lipinski definition) is 3. The SMILES string of the molecule is CC/C=C\C/C=C\C/C=C\C/C=C\C/C=C\CCCCCC(=O)OC1C(OCC(COC(=O)CCCCCCCCCCCCCCCCCCCCC)OC(=O)CCCCCC/C=C\C/C=C\C/C=C\C/C=C\CC)OC(C(=O)O)C(O)C1O. The average Bonchev–Trinajstić information content (AvgIpc) is 2.79. The summed E-state index contributed by atoms with van der Waals surface area (Å²) in [6.45, 7) is 5.77. The second kappa shape index (κ2) is 59.7. The topological polar surface area (TPSA) is 175 Å². The first kappa shape index (κ1) is 78.4. The zero-order valence-corrected chi connectivity index (χ0v) is 53.6. The van der Waals surface area contributed by atoms with Crippen molar-refractivity contribution >= 4 is 23.9 Å². The molecule has 12 heteroatoms. The Labute approximate surface area is 516 Å². The van der Waals surface area contributed by atoms with Crippen molar-refractivity contribution in [3.05, 3.63) is 109 Å². The predicted octanol–water partition coefficient (Wildman–Crippen LogP) is 18.6. The van der Waals surface area contributed by atoms with Gasteiger partial charge in [0.25, 0.3) is 0 Å². The summed E-state index contributed by atoms with van der Waals surface area (Å²) < 4.78 is 28.5. The minimum absolute atomic E-state index is 0.0141. The molecule has 0 aromatic rings. The van der Waals surface area contributed by atoms with Crippen LogP contribution >= 0.6 is 0 Å². The van der Waals surface area contributed by atoms with E-state index >= 15 is 0 Å². The third-order valence-electron chi connectivity index (χ3n) is 14.8. The van der Waals surface area contributed by atoms with Gasteiger partial charge in [-0.2, -0.15) is 0 Å². The number of unbranched alkanes of at least 4 members (excludes halogenated alkanes) is 25. The lowest BCUT2D eigenvalue weighted by Gasteiger charge is -2.40. The summed E-state index contributed by atoms with van der Waals surface area (Å²) in [5, 5.41) is 31.6. The largest absolute Gasteiger partial charge is 0.479 e. The van der Waals surface area contributed by atoms with Crippen LogP contribution in [0.1, 0.15) is 278 Å². The van der Waals surface area contributed by atoms with Crippen molar-refractivity contribution in [1.29, 1.82) is 0 Å². The predicted molar refractivity (Wildman–Crippen MR) is 349 cm³/mol. The monoisotopic (exact) mass is 1190 g/mol. The number of carbonyl (C=O) groups is 4. The van der Waals surface area contributed by atoms with E-state index < -0.39 is 67.3 Å². The lowest BCUT2D eigenvalue weighted by molar-refractivity contribution is -0.301. The lowest BCUT2D eigenvalue weighted by Crippen LogP contribution is -2.61. The fourth-order valence-corrected chi connectivity index (χ4v) is 9.74. The van der Waals surface area contributed by atoms with Crippen LogP contribution < -0.4 is 0 Å². The highest BCUT2D eigenvalue weighted by Gasteiger charge is 2.50. The normalized spacial score (nSPS) is 18.2. The van der Waals surface area contributed by atoms with Gasteiger partial charge in [0.15, 0.2) is 24.6 Å². The molecule has 1 aliphatic heterocycles. The maximum Gasteiger partial charge on any atom is 0.335 e. The Morgan fingerprint density at radius 3 is 1.14 bits per heavy atom. The number of carbonyl (C=O) groups excluding carboxylic acids is 3. The van der Waals surface area contributed by atoms with E-state index in [9.17, 15) is 34.5 Å². The molecule has 0 saturated carbocycles. The molecule has 0 radical (unpaired) electrons. The van der Waals surface area contributed by atoms with Crippen molar-refractivity contribution in [2.45, 2.75) is 314 Å². The summed E-state index contributed by atoms with van der Waals surface area (Å²) in [6, 6.07) is 0. The highest BCUT2D eigenvalue weighted by atomic mass is 16.7. The van der Waals surface area contributed by atoms with Crippen LogP contribution in [0.25, 0.3) is 0 Å². The van der Waals surface area contributed by atoms with Crippen LogP contribution in [0.5, 0.6) is 0 Å². The smallest absolute Gasteiger partial charge is 0.335 e. The Kier molecular flexibility index (Phi) is 55.1. The minimum Gasteiger partial charge on any atom is -0.479 e. The van der Waals surface area contributed by atoms with E-state index in [2.05, 4.69) is 130 Å². The third-order valence-corrected chi connectivity index (χ3v) is 14.8. The molecule has 484 valence electrons. The Morgan fingerprint density at radius 1 is 0.400 bits per heavy atom. The van der Waals surface area contributed by atoms with E-state index in [4.69, 9.17) is 23.7 Å². The molecule has 3 N–H and O–H groups in total. The van der Waals surface area contributed by atoms with Crippen LogP contribution in [0.2, 0.25) is 0 Å². The molecule has 0 amide bonds. The van der Waals surface area contributed by atoms with E-state index in [1.54, 1.807) is 0 Å². The Balaban J connectivity index is 2.68. The molecule has 6 atom stereocenters. The Morgan fingerprint density at radius 2 is 0.741 bits per heavy atom. The van der Waals surface area contributed by atoms with Gasteiger partial charge in [-0.05, 0) is 103 Å². The number of esters is 3. The van der Waals surface area contributed by atoms with Crippen LogP contribution in [0.4, 0.5) is 0 Å². The molecule has 1 aliphatic rings. The van der Waals surface area contributed by atoms with E-state index in [0.29, 0.717) is 19.3 Å². The molecule has 1 rings (SSSR count). The second-order valence-electron chi connectivity index (χ2n) is 22.7. The number of carboxylic acids is 1. The molecule has 1 saturated heterocycles. The van der Waals surface area contributed by atoms with Gasteiger partial charge in [0.05, 0.1) is 6.61 Å². The summed E-state index contributed by atoms with van der Waals surface area (Å²) >= 11 is 0. The number of aliphatic hydroxyl groups excluding tert-OH is 2. The van der Waals surface area contributed by atoms with Gasteiger partial charge < -0.3 is 39.0 Å². The molecule has 6 unspecified atom stereocenters. The van der Waals surface area contributed by atoms with Crippen LogP contribution in [0.15, 0.2) is 109 Å². The number of aliphatic hydroxyl groups is 2. The van der Waals surface area contributed by atoms with Crippen LogP contribution in [0, 0.1) is 0 Å². The first-order chi connectivity index (χ1) is 41.6. The maximum absolute atomic E-state index is 13.2. The van der Waals surface area contributed by atoms with Crippen molar-refractivity contribution < 1.29 is 58.2 Å². The van der Waals surface area contributed by atoms with E-state index in [0.717, 1.165) is 122 Å². The number of rotatable bonds is 57. The molecular weight excluding hydrogens is 1070 g/mol. The van der Waals surface area contributed by atoms with E-state index in [1.807, 2.05) is 0 Å². The number of aliphatic carboxylic acids is 1. The van der Waals surface area contributed by atoms with Gasteiger partial charge in [0, 0.05) is 19.3 Å². The maximum atomic E-state index is 13.2. The summed E-state index contributed by atoms with van der Waals surface area (Å²) in [5.74, 6) is -3.19. The first-order valence-electron chi connectivity index (χ1n) is 33.9. The minimum atomic E-state index is -1.92. The van der Waals surface area contributed by atoms with Crippen molar-refractivity contribution in [2.24, 2.45) is 0 Å². The number of carboxylic acid groups (broad SMARTS) is 1. The third kappa shape index (κ3) is 49.1. The molecule has 1 heterocycles. The summed E-state index contributed by atoms with van der Waals surface area (Å²) in [4.78, 5) is 51.4.